The maximum absolute atomic E-state index is 5.58. The monoisotopic (exact) mass is 223 g/mol. The normalized spacial score (nSPS) is 10.3. The minimum atomic E-state index is 0.386. The molecule has 1 aromatic rings. The highest BCUT2D eigenvalue weighted by molar-refractivity contribution is 5.59. The minimum absolute atomic E-state index is 0.386. The zero-order valence-electron chi connectivity index (χ0n) is 10.5. The first-order valence-corrected chi connectivity index (χ1v) is 5.83. The maximum atomic E-state index is 5.58. The second kappa shape index (κ2) is 6.26. The lowest BCUT2D eigenvalue weighted by molar-refractivity contribution is 0.324. The van der Waals surface area contributed by atoms with Gasteiger partial charge < -0.3 is 14.8 Å². The van der Waals surface area contributed by atoms with E-state index in [1.807, 2.05) is 32.0 Å². The van der Waals surface area contributed by atoms with Crippen molar-refractivity contribution >= 4 is 5.69 Å². The van der Waals surface area contributed by atoms with Crippen molar-refractivity contribution in [2.75, 3.05) is 18.5 Å². The average Bonchev–Trinajstić information content (AvgIpc) is 2.22. The summed E-state index contributed by atoms with van der Waals surface area (Å²) < 4.78 is 11.0. The van der Waals surface area contributed by atoms with Crippen LogP contribution >= 0.6 is 0 Å². The van der Waals surface area contributed by atoms with Gasteiger partial charge in [0.15, 0.2) is 0 Å². The van der Waals surface area contributed by atoms with Crippen LogP contribution < -0.4 is 14.8 Å². The molecule has 0 spiro atoms. The Morgan fingerprint density at radius 3 is 2.38 bits per heavy atom. The first-order valence-electron chi connectivity index (χ1n) is 5.83. The predicted octanol–water partition coefficient (Wildman–Crippen LogP) is 3.30. The third-order valence-corrected chi connectivity index (χ3v) is 2.01. The summed E-state index contributed by atoms with van der Waals surface area (Å²) in [6.45, 7) is 9.48. The highest BCUT2D eigenvalue weighted by Gasteiger charge is 2.06. The fourth-order valence-corrected chi connectivity index (χ4v) is 1.46. The molecule has 3 heteroatoms. The van der Waals surface area contributed by atoms with Crippen LogP contribution in [-0.2, 0) is 0 Å². The van der Waals surface area contributed by atoms with Crippen molar-refractivity contribution in [2.45, 2.75) is 33.7 Å². The molecule has 0 fully saturated rings. The van der Waals surface area contributed by atoms with Crippen molar-refractivity contribution in [1.82, 2.24) is 0 Å². The van der Waals surface area contributed by atoms with Gasteiger partial charge >= 0.3 is 0 Å². The van der Waals surface area contributed by atoms with Crippen LogP contribution in [0, 0.1) is 0 Å². The summed E-state index contributed by atoms with van der Waals surface area (Å²) >= 11 is 0. The molecule has 0 saturated carbocycles. The second-order valence-electron chi connectivity index (χ2n) is 3.82. The number of nitrogens with one attached hydrogen (secondary N) is 1. The lowest BCUT2D eigenvalue weighted by Gasteiger charge is -2.16. The van der Waals surface area contributed by atoms with Crippen LogP contribution in [0.5, 0.6) is 11.5 Å². The summed E-state index contributed by atoms with van der Waals surface area (Å²) in [7, 11) is 0. The van der Waals surface area contributed by atoms with E-state index in [1.165, 1.54) is 0 Å². The Morgan fingerprint density at radius 1 is 1.12 bits per heavy atom. The fourth-order valence-electron chi connectivity index (χ4n) is 1.46. The molecular formula is C13H21NO2. The van der Waals surface area contributed by atoms with Crippen LogP contribution in [0.3, 0.4) is 0 Å². The maximum Gasteiger partial charge on any atom is 0.146 e. The van der Waals surface area contributed by atoms with Gasteiger partial charge in [0.1, 0.15) is 11.5 Å². The summed E-state index contributed by atoms with van der Waals surface area (Å²) in [5, 5.41) is 3.35. The summed E-state index contributed by atoms with van der Waals surface area (Å²) in [4.78, 5) is 0. The van der Waals surface area contributed by atoms with Crippen LogP contribution in [0.4, 0.5) is 5.69 Å². The summed E-state index contributed by atoms with van der Waals surface area (Å²) in [6.07, 6.45) is 0. The summed E-state index contributed by atoms with van der Waals surface area (Å²) in [6, 6.07) is 6.27. The van der Waals surface area contributed by atoms with Crippen LogP contribution in [0.1, 0.15) is 27.7 Å². The van der Waals surface area contributed by atoms with Crippen molar-refractivity contribution in [3.05, 3.63) is 18.2 Å². The molecule has 0 aliphatic heterocycles. The van der Waals surface area contributed by atoms with E-state index in [0.717, 1.165) is 17.2 Å². The molecule has 0 bridgehead atoms. The van der Waals surface area contributed by atoms with Gasteiger partial charge in [0.2, 0.25) is 0 Å². The van der Waals surface area contributed by atoms with Crippen molar-refractivity contribution in [2.24, 2.45) is 0 Å². The molecule has 0 aliphatic carbocycles. The van der Waals surface area contributed by atoms with Crippen molar-refractivity contribution in [3.63, 3.8) is 0 Å². The minimum Gasteiger partial charge on any atom is -0.494 e. The molecule has 0 atom stereocenters. The van der Waals surface area contributed by atoms with E-state index >= 15 is 0 Å². The summed E-state index contributed by atoms with van der Waals surface area (Å²) in [5.41, 5.74) is 1.01. The van der Waals surface area contributed by atoms with E-state index in [9.17, 15) is 0 Å². The SMILES string of the molecule is CCOc1ccc(NC(C)C)c(OCC)c1. The number of ether oxygens (including phenoxy) is 2. The topological polar surface area (TPSA) is 30.5 Å². The zero-order valence-corrected chi connectivity index (χ0v) is 10.5. The van der Waals surface area contributed by atoms with Crippen molar-refractivity contribution < 1.29 is 9.47 Å². The van der Waals surface area contributed by atoms with Crippen LogP contribution in [0.2, 0.25) is 0 Å². The third-order valence-electron chi connectivity index (χ3n) is 2.01. The highest BCUT2D eigenvalue weighted by atomic mass is 16.5. The van der Waals surface area contributed by atoms with E-state index in [0.29, 0.717) is 19.3 Å². The zero-order chi connectivity index (χ0) is 12.0. The van der Waals surface area contributed by atoms with Gasteiger partial charge in [-0.05, 0) is 39.8 Å². The smallest absolute Gasteiger partial charge is 0.146 e. The molecule has 0 aliphatic rings. The first kappa shape index (κ1) is 12.7. The van der Waals surface area contributed by atoms with Gasteiger partial charge in [-0.15, -0.1) is 0 Å². The van der Waals surface area contributed by atoms with E-state index in [2.05, 4.69) is 19.2 Å². The van der Waals surface area contributed by atoms with Gasteiger partial charge in [-0.2, -0.15) is 0 Å². The van der Waals surface area contributed by atoms with Gasteiger partial charge in [0, 0.05) is 12.1 Å². The molecule has 1 rings (SSSR count). The number of benzene rings is 1. The first-order chi connectivity index (χ1) is 7.67. The quantitative estimate of drug-likeness (QED) is 0.802. The molecule has 0 saturated heterocycles. The van der Waals surface area contributed by atoms with Crippen molar-refractivity contribution in [3.8, 4) is 11.5 Å². The molecule has 1 aromatic carbocycles. The Balaban J connectivity index is 2.89. The molecule has 16 heavy (non-hydrogen) atoms. The molecule has 90 valence electrons. The molecule has 3 nitrogen and oxygen atoms in total. The van der Waals surface area contributed by atoms with Gasteiger partial charge in [-0.1, -0.05) is 0 Å². The van der Waals surface area contributed by atoms with Gasteiger partial charge in [0.25, 0.3) is 0 Å². The van der Waals surface area contributed by atoms with E-state index in [1.54, 1.807) is 0 Å². The Hall–Kier alpha value is -1.38. The fraction of sp³-hybridized carbons (Fsp3) is 0.538. The second-order valence-corrected chi connectivity index (χ2v) is 3.82. The molecular weight excluding hydrogens is 202 g/mol. The molecule has 0 heterocycles. The highest BCUT2D eigenvalue weighted by Crippen LogP contribution is 2.30. The number of anilines is 1. The number of hydrogen-bond donors (Lipinski definition) is 1. The standard InChI is InChI=1S/C13H21NO2/c1-5-15-11-7-8-12(14-10(3)4)13(9-11)16-6-2/h7-10,14H,5-6H2,1-4H3. The van der Waals surface area contributed by atoms with Crippen LogP contribution in [-0.4, -0.2) is 19.3 Å². The largest absolute Gasteiger partial charge is 0.494 e. The Morgan fingerprint density at radius 2 is 1.81 bits per heavy atom. The summed E-state index contributed by atoms with van der Waals surface area (Å²) in [5.74, 6) is 1.70. The Kier molecular flexibility index (Phi) is 4.96. The Labute approximate surface area is 97.8 Å². The number of hydrogen-bond acceptors (Lipinski definition) is 3. The van der Waals surface area contributed by atoms with Gasteiger partial charge in [0.05, 0.1) is 18.9 Å². The van der Waals surface area contributed by atoms with Crippen molar-refractivity contribution in [1.29, 1.82) is 0 Å². The van der Waals surface area contributed by atoms with Crippen LogP contribution in [0.25, 0.3) is 0 Å². The van der Waals surface area contributed by atoms with Gasteiger partial charge in [-0.25, -0.2) is 0 Å². The molecule has 0 aromatic heterocycles. The van der Waals surface area contributed by atoms with Gasteiger partial charge in [-0.3, -0.25) is 0 Å². The predicted molar refractivity (Wildman–Crippen MR) is 67.5 cm³/mol. The number of rotatable bonds is 6. The molecule has 0 radical (unpaired) electrons. The average molecular weight is 223 g/mol. The van der Waals surface area contributed by atoms with Crippen LogP contribution in [0.15, 0.2) is 18.2 Å². The lowest BCUT2D eigenvalue weighted by Crippen LogP contribution is -2.11. The molecule has 0 amide bonds. The van der Waals surface area contributed by atoms with E-state index in [4.69, 9.17) is 9.47 Å². The lowest BCUT2D eigenvalue weighted by atomic mass is 10.2. The third kappa shape index (κ3) is 3.65. The molecule has 1 N–H and O–H groups in total. The molecule has 0 unspecified atom stereocenters. The van der Waals surface area contributed by atoms with E-state index in [-0.39, 0.29) is 0 Å². The Bertz CT molecular complexity index is 324. The van der Waals surface area contributed by atoms with E-state index < -0.39 is 0 Å².